The molecule has 0 unspecified atom stereocenters. The molecule has 0 radical (unpaired) electrons. The Balaban J connectivity index is 1.57. The van der Waals surface area contributed by atoms with E-state index in [0.717, 1.165) is 24.3 Å². The predicted octanol–water partition coefficient (Wildman–Crippen LogP) is 4.06. The largest absolute Gasteiger partial charge is 0.353 e. The minimum atomic E-state index is 0.660. The van der Waals surface area contributed by atoms with Crippen LogP contribution in [-0.2, 0) is 6.54 Å². The molecule has 2 fully saturated rings. The normalized spacial score (nSPS) is 28.7. The van der Waals surface area contributed by atoms with E-state index in [0.29, 0.717) is 6.04 Å². The quantitative estimate of drug-likeness (QED) is 0.885. The van der Waals surface area contributed by atoms with Crippen LogP contribution in [0.15, 0.2) is 12.4 Å². The molecule has 3 heteroatoms. The Kier molecular flexibility index (Phi) is 4.09. The Bertz CT molecular complexity index is 384. The van der Waals surface area contributed by atoms with Crippen LogP contribution in [0.3, 0.4) is 0 Å². The van der Waals surface area contributed by atoms with Crippen molar-refractivity contribution in [3.8, 4) is 0 Å². The van der Waals surface area contributed by atoms with E-state index in [1.165, 1.54) is 51.4 Å². The van der Waals surface area contributed by atoms with Crippen LogP contribution in [0.2, 0.25) is 0 Å². The Labute approximate surface area is 116 Å². The van der Waals surface area contributed by atoms with Crippen molar-refractivity contribution in [3.63, 3.8) is 0 Å². The van der Waals surface area contributed by atoms with Crippen molar-refractivity contribution in [3.05, 3.63) is 12.4 Å². The molecular weight excluding hydrogens is 234 g/mol. The molecule has 0 amide bonds. The van der Waals surface area contributed by atoms with Gasteiger partial charge in [0.15, 0.2) is 0 Å². The molecule has 3 rings (SSSR count). The Morgan fingerprint density at radius 2 is 1.89 bits per heavy atom. The average molecular weight is 261 g/mol. The van der Waals surface area contributed by atoms with Gasteiger partial charge >= 0.3 is 0 Å². The number of anilines is 1. The summed E-state index contributed by atoms with van der Waals surface area (Å²) in [6.45, 7) is 3.54. The van der Waals surface area contributed by atoms with Gasteiger partial charge in [-0.1, -0.05) is 32.6 Å². The summed E-state index contributed by atoms with van der Waals surface area (Å²) in [5.74, 6) is 2.90. The Morgan fingerprint density at radius 3 is 2.63 bits per heavy atom. The molecule has 1 N–H and O–H groups in total. The second-order valence-corrected chi connectivity index (χ2v) is 6.65. The molecule has 0 atom stereocenters. The first-order valence-corrected chi connectivity index (χ1v) is 8.09. The summed E-state index contributed by atoms with van der Waals surface area (Å²) >= 11 is 0. The van der Waals surface area contributed by atoms with Crippen LogP contribution >= 0.6 is 0 Å². The molecule has 0 aliphatic heterocycles. The Morgan fingerprint density at radius 1 is 1.16 bits per heavy atom. The predicted molar refractivity (Wildman–Crippen MR) is 79.2 cm³/mol. The standard InChI is InChI=1S/C16H27N3/c1-13-6-8-14(9-7-13)12-19-11-10-17-16(19)18-15-4-2-3-5-15/h10-11,13-15H,2-9,12H2,1H3,(H,17,18). The number of aromatic nitrogens is 2. The fraction of sp³-hybridized carbons (Fsp3) is 0.812. The van der Waals surface area contributed by atoms with Gasteiger partial charge in [0.05, 0.1) is 0 Å². The maximum absolute atomic E-state index is 4.51. The van der Waals surface area contributed by atoms with Gasteiger partial charge in [-0.3, -0.25) is 0 Å². The Hall–Kier alpha value is -0.990. The summed E-state index contributed by atoms with van der Waals surface area (Å²) in [6.07, 6.45) is 15.1. The lowest BCUT2D eigenvalue weighted by Gasteiger charge is -2.27. The summed E-state index contributed by atoms with van der Waals surface area (Å²) < 4.78 is 2.35. The van der Waals surface area contributed by atoms with E-state index in [2.05, 4.69) is 28.0 Å². The molecule has 1 aromatic heterocycles. The van der Waals surface area contributed by atoms with Crippen molar-refractivity contribution >= 4 is 5.95 Å². The molecule has 2 aliphatic carbocycles. The fourth-order valence-electron chi connectivity index (χ4n) is 3.64. The van der Waals surface area contributed by atoms with Gasteiger partial charge in [-0.2, -0.15) is 0 Å². The first kappa shape index (κ1) is 13.0. The van der Waals surface area contributed by atoms with E-state index >= 15 is 0 Å². The maximum Gasteiger partial charge on any atom is 0.202 e. The molecular formula is C16H27N3. The third kappa shape index (κ3) is 3.31. The second-order valence-electron chi connectivity index (χ2n) is 6.65. The summed E-state index contributed by atoms with van der Waals surface area (Å²) in [6, 6.07) is 0.660. The molecule has 0 bridgehead atoms. The van der Waals surface area contributed by atoms with Crippen molar-refractivity contribution in [1.29, 1.82) is 0 Å². The number of hydrogen-bond acceptors (Lipinski definition) is 2. The number of nitrogens with zero attached hydrogens (tertiary/aromatic N) is 2. The SMILES string of the molecule is CC1CCC(Cn2ccnc2NC2CCCC2)CC1. The number of hydrogen-bond donors (Lipinski definition) is 1. The zero-order valence-corrected chi connectivity index (χ0v) is 12.1. The number of nitrogens with one attached hydrogen (secondary N) is 1. The van der Waals surface area contributed by atoms with Gasteiger partial charge in [-0.15, -0.1) is 0 Å². The number of rotatable bonds is 4. The fourth-order valence-corrected chi connectivity index (χ4v) is 3.64. The van der Waals surface area contributed by atoms with Gasteiger partial charge in [-0.05, 0) is 37.5 Å². The summed E-state index contributed by atoms with van der Waals surface area (Å²) in [5.41, 5.74) is 0. The zero-order chi connectivity index (χ0) is 13.1. The van der Waals surface area contributed by atoms with Crippen molar-refractivity contribution in [2.75, 3.05) is 5.32 Å². The summed E-state index contributed by atoms with van der Waals surface area (Å²) in [4.78, 5) is 4.51. The third-order valence-corrected chi connectivity index (χ3v) is 4.99. The lowest BCUT2D eigenvalue weighted by atomic mass is 9.83. The van der Waals surface area contributed by atoms with E-state index in [9.17, 15) is 0 Å². The molecule has 0 saturated heterocycles. The van der Waals surface area contributed by atoms with Crippen LogP contribution < -0.4 is 5.32 Å². The smallest absolute Gasteiger partial charge is 0.202 e. The van der Waals surface area contributed by atoms with Gasteiger partial charge in [0.1, 0.15) is 0 Å². The lowest BCUT2D eigenvalue weighted by Crippen LogP contribution is -2.21. The zero-order valence-electron chi connectivity index (χ0n) is 12.1. The highest BCUT2D eigenvalue weighted by atomic mass is 15.2. The van der Waals surface area contributed by atoms with Crippen molar-refractivity contribution in [1.82, 2.24) is 9.55 Å². The van der Waals surface area contributed by atoms with Crippen LogP contribution in [0.4, 0.5) is 5.95 Å². The summed E-state index contributed by atoms with van der Waals surface area (Å²) in [7, 11) is 0. The van der Waals surface area contributed by atoms with Gasteiger partial charge in [0.2, 0.25) is 5.95 Å². The molecule has 19 heavy (non-hydrogen) atoms. The monoisotopic (exact) mass is 261 g/mol. The highest BCUT2D eigenvalue weighted by molar-refractivity contribution is 5.28. The first-order valence-electron chi connectivity index (χ1n) is 8.09. The molecule has 1 heterocycles. The molecule has 1 aromatic rings. The minimum Gasteiger partial charge on any atom is -0.353 e. The van der Waals surface area contributed by atoms with E-state index in [1.54, 1.807) is 0 Å². The molecule has 2 saturated carbocycles. The van der Waals surface area contributed by atoms with Crippen LogP contribution in [0.5, 0.6) is 0 Å². The minimum absolute atomic E-state index is 0.660. The van der Waals surface area contributed by atoms with Gasteiger partial charge in [0.25, 0.3) is 0 Å². The molecule has 2 aliphatic rings. The van der Waals surface area contributed by atoms with Crippen molar-refractivity contribution < 1.29 is 0 Å². The van der Waals surface area contributed by atoms with Crippen LogP contribution in [-0.4, -0.2) is 15.6 Å². The van der Waals surface area contributed by atoms with E-state index in [1.807, 2.05) is 6.20 Å². The van der Waals surface area contributed by atoms with Gasteiger partial charge < -0.3 is 9.88 Å². The lowest BCUT2D eigenvalue weighted by molar-refractivity contribution is 0.265. The van der Waals surface area contributed by atoms with E-state index in [4.69, 9.17) is 0 Å². The van der Waals surface area contributed by atoms with Crippen LogP contribution in [0.1, 0.15) is 58.3 Å². The molecule has 3 nitrogen and oxygen atoms in total. The molecule has 106 valence electrons. The van der Waals surface area contributed by atoms with E-state index < -0.39 is 0 Å². The highest BCUT2D eigenvalue weighted by Gasteiger charge is 2.21. The van der Waals surface area contributed by atoms with Crippen molar-refractivity contribution in [2.24, 2.45) is 11.8 Å². The van der Waals surface area contributed by atoms with Gasteiger partial charge in [0, 0.05) is 25.0 Å². The third-order valence-electron chi connectivity index (χ3n) is 4.99. The van der Waals surface area contributed by atoms with Crippen LogP contribution in [0, 0.1) is 11.8 Å². The van der Waals surface area contributed by atoms with E-state index in [-0.39, 0.29) is 0 Å². The number of imidazole rings is 1. The van der Waals surface area contributed by atoms with Crippen LogP contribution in [0.25, 0.3) is 0 Å². The van der Waals surface area contributed by atoms with Crippen molar-refractivity contribution in [2.45, 2.75) is 70.9 Å². The average Bonchev–Trinajstić information content (AvgIpc) is 3.06. The first-order chi connectivity index (χ1) is 9.31. The van der Waals surface area contributed by atoms with Gasteiger partial charge in [-0.25, -0.2) is 4.98 Å². The second kappa shape index (κ2) is 5.98. The summed E-state index contributed by atoms with van der Waals surface area (Å²) in [5, 5.41) is 3.64. The molecule has 0 aromatic carbocycles. The molecule has 0 spiro atoms. The highest BCUT2D eigenvalue weighted by Crippen LogP contribution is 2.30. The maximum atomic E-state index is 4.51. The topological polar surface area (TPSA) is 29.9 Å².